The number of hydrogen-bond donors (Lipinski definition) is 3. The highest BCUT2D eigenvalue weighted by molar-refractivity contribution is 6.35. The van der Waals surface area contributed by atoms with Crippen LogP contribution in [-0.2, 0) is 0 Å². The van der Waals surface area contributed by atoms with E-state index in [1.54, 1.807) is 0 Å². The molecular weight excluding hydrogens is 381 g/mol. The second-order valence-corrected chi connectivity index (χ2v) is 6.86. The standard InChI is InChI=1S/C14H10BO7.C5H14NO/c16-13(17)9-5-1-3-7-11(9)21-15(20)22-12-8-4-2-6-10(12)14(18)19;1-6(2,3)4-5-7/h1-8H,(H,16,17)(H,18,19);7H,4-5H2,1-3H3/q-1;+1. The van der Waals surface area contributed by atoms with E-state index in [2.05, 4.69) is 21.1 Å². The molecule has 0 atom stereocenters. The van der Waals surface area contributed by atoms with E-state index in [9.17, 15) is 14.6 Å². The van der Waals surface area contributed by atoms with Crippen molar-refractivity contribution in [3.63, 3.8) is 0 Å². The van der Waals surface area contributed by atoms with Gasteiger partial charge in [-0.15, -0.1) is 0 Å². The van der Waals surface area contributed by atoms with E-state index in [1.165, 1.54) is 48.5 Å². The van der Waals surface area contributed by atoms with Gasteiger partial charge in [-0.05, 0) is 24.3 Å². The lowest BCUT2D eigenvalue weighted by atomic mass is 10.1. The third kappa shape index (κ3) is 8.65. The fraction of sp³-hybridized carbons (Fsp3) is 0.263. The summed E-state index contributed by atoms with van der Waals surface area (Å²) in [5.41, 5.74) is -0.392. The van der Waals surface area contributed by atoms with Gasteiger partial charge in [0.25, 0.3) is 0 Å². The van der Waals surface area contributed by atoms with Crippen LogP contribution in [0.4, 0.5) is 0 Å². The Bertz CT molecular complexity index is 762. The number of hydrogen-bond acceptors (Lipinski definition) is 6. The Morgan fingerprint density at radius 2 is 1.28 bits per heavy atom. The van der Waals surface area contributed by atoms with Crippen molar-refractivity contribution in [1.29, 1.82) is 0 Å². The molecule has 0 heterocycles. The quantitative estimate of drug-likeness (QED) is 0.428. The number of aliphatic hydroxyl groups is 1. The van der Waals surface area contributed by atoms with Crippen LogP contribution in [-0.4, -0.2) is 73.4 Å². The fourth-order valence-electron chi connectivity index (χ4n) is 2.02. The zero-order chi connectivity index (χ0) is 22.0. The van der Waals surface area contributed by atoms with Crippen molar-refractivity contribution in [3.05, 3.63) is 59.7 Å². The average Bonchev–Trinajstić information content (AvgIpc) is 2.61. The van der Waals surface area contributed by atoms with Crippen molar-refractivity contribution >= 4 is 19.3 Å². The third-order valence-electron chi connectivity index (χ3n) is 3.45. The van der Waals surface area contributed by atoms with Gasteiger partial charge >= 0.3 is 19.3 Å². The van der Waals surface area contributed by atoms with Crippen LogP contribution in [0.2, 0.25) is 0 Å². The van der Waals surface area contributed by atoms with Crippen LogP contribution < -0.4 is 14.3 Å². The average molecular weight is 405 g/mol. The molecule has 0 spiro atoms. The molecule has 0 unspecified atom stereocenters. The number of carbonyl (C=O) groups is 2. The molecule has 2 aromatic carbocycles. The fourth-order valence-corrected chi connectivity index (χ4v) is 2.02. The van der Waals surface area contributed by atoms with E-state index in [1.807, 2.05) is 0 Å². The number of aliphatic hydroxyl groups excluding tert-OH is 1. The smallest absolute Gasteiger partial charge is 0.492 e. The van der Waals surface area contributed by atoms with E-state index in [0.717, 1.165) is 11.0 Å². The summed E-state index contributed by atoms with van der Waals surface area (Å²) in [6.45, 7) is 1.11. The Hall–Kier alpha value is -3.08. The highest BCUT2D eigenvalue weighted by Gasteiger charge is 2.16. The first kappa shape index (κ1) is 24.0. The van der Waals surface area contributed by atoms with E-state index >= 15 is 0 Å². The molecule has 10 heteroatoms. The summed E-state index contributed by atoms with van der Waals surface area (Å²) in [4.78, 5) is 22.0. The predicted octanol–water partition coefficient (Wildman–Crippen LogP) is 0.571. The maximum Gasteiger partial charge on any atom is 0.492 e. The van der Waals surface area contributed by atoms with Gasteiger partial charge in [0.05, 0.1) is 38.9 Å². The number of quaternary nitrogens is 1. The van der Waals surface area contributed by atoms with Crippen LogP contribution in [0, 0.1) is 0 Å². The van der Waals surface area contributed by atoms with Gasteiger partial charge in [-0.25, -0.2) is 9.59 Å². The number of nitrogens with zero attached hydrogens (tertiary/aromatic N) is 1. The lowest BCUT2D eigenvalue weighted by molar-refractivity contribution is -0.870. The summed E-state index contributed by atoms with van der Waals surface area (Å²) in [6.07, 6.45) is 0. The number of para-hydroxylation sites is 2. The van der Waals surface area contributed by atoms with Crippen LogP contribution in [0.15, 0.2) is 48.5 Å². The molecule has 0 aromatic heterocycles. The molecule has 156 valence electrons. The van der Waals surface area contributed by atoms with Crippen molar-refractivity contribution in [1.82, 2.24) is 0 Å². The number of carboxylic acids is 2. The molecule has 0 radical (unpaired) electrons. The van der Waals surface area contributed by atoms with Crippen molar-refractivity contribution in [2.75, 3.05) is 34.3 Å². The van der Waals surface area contributed by atoms with Gasteiger partial charge in [0.1, 0.15) is 18.0 Å². The Kier molecular flexibility index (Phi) is 9.13. The van der Waals surface area contributed by atoms with Gasteiger partial charge in [0, 0.05) is 0 Å². The zero-order valence-electron chi connectivity index (χ0n) is 16.4. The molecule has 29 heavy (non-hydrogen) atoms. The van der Waals surface area contributed by atoms with Gasteiger partial charge in [0.2, 0.25) is 0 Å². The first-order valence-corrected chi connectivity index (χ1v) is 8.60. The van der Waals surface area contributed by atoms with Crippen LogP contribution >= 0.6 is 0 Å². The maximum absolute atomic E-state index is 11.8. The molecule has 0 bridgehead atoms. The lowest BCUT2D eigenvalue weighted by Crippen LogP contribution is -2.44. The van der Waals surface area contributed by atoms with E-state index in [0.29, 0.717) is 0 Å². The molecule has 0 amide bonds. The summed E-state index contributed by atoms with van der Waals surface area (Å²) in [7, 11) is 4.05. The molecular formula is C19H24BNO8. The predicted molar refractivity (Wildman–Crippen MR) is 104 cm³/mol. The minimum atomic E-state index is -2.11. The van der Waals surface area contributed by atoms with Crippen molar-refractivity contribution in [2.24, 2.45) is 0 Å². The van der Waals surface area contributed by atoms with Crippen molar-refractivity contribution in [3.8, 4) is 11.5 Å². The summed E-state index contributed by atoms with van der Waals surface area (Å²) in [6, 6.07) is 11.1. The van der Waals surface area contributed by atoms with Crippen LogP contribution in [0.1, 0.15) is 20.7 Å². The first-order chi connectivity index (χ1) is 13.5. The van der Waals surface area contributed by atoms with Gasteiger partial charge < -0.3 is 34.1 Å². The van der Waals surface area contributed by atoms with E-state index in [4.69, 9.17) is 24.6 Å². The Labute approximate surface area is 169 Å². The maximum atomic E-state index is 11.8. The highest BCUT2D eigenvalue weighted by Crippen LogP contribution is 2.21. The SMILES string of the molecule is C[N+](C)(C)CCO.O=C(O)c1ccccc1OB([O-])Oc1ccccc1C(=O)O. The summed E-state index contributed by atoms with van der Waals surface area (Å²) < 4.78 is 10.6. The van der Waals surface area contributed by atoms with Gasteiger partial charge in [0.15, 0.2) is 0 Å². The molecule has 0 fully saturated rings. The van der Waals surface area contributed by atoms with Crippen molar-refractivity contribution < 1.29 is 43.7 Å². The zero-order valence-corrected chi connectivity index (χ0v) is 16.4. The summed E-state index contributed by atoms with van der Waals surface area (Å²) >= 11 is 0. The Balaban J connectivity index is 0.000000516. The van der Waals surface area contributed by atoms with Gasteiger partial charge in [-0.1, -0.05) is 24.3 Å². The normalized spacial score (nSPS) is 10.4. The molecule has 2 rings (SSSR count). The number of rotatable bonds is 8. The van der Waals surface area contributed by atoms with Gasteiger partial charge in [-0.2, -0.15) is 0 Å². The number of benzene rings is 2. The third-order valence-corrected chi connectivity index (χ3v) is 3.45. The topological polar surface area (TPSA) is 136 Å². The Morgan fingerprint density at radius 1 is 0.897 bits per heavy atom. The number of aromatic carboxylic acids is 2. The van der Waals surface area contributed by atoms with Crippen LogP contribution in [0.25, 0.3) is 0 Å². The molecule has 2 aromatic rings. The molecule has 0 saturated heterocycles. The first-order valence-electron chi connectivity index (χ1n) is 8.60. The summed E-state index contributed by atoms with van der Waals surface area (Å²) in [5, 5.41) is 38.1. The number of carboxylic acid groups (broad SMARTS) is 2. The van der Waals surface area contributed by atoms with Crippen LogP contribution in [0.3, 0.4) is 0 Å². The highest BCUT2D eigenvalue weighted by atomic mass is 16.7. The second kappa shape index (κ2) is 11.1. The van der Waals surface area contributed by atoms with E-state index < -0.39 is 19.3 Å². The largest absolute Gasteiger partial charge is 0.808 e. The second-order valence-electron chi connectivity index (χ2n) is 6.86. The molecule has 0 aliphatic rings. The molecule has 0 aliphatic heterocycles. The monoisotopic (exact) mass is 405 g/mol. The summed E-state index contributed by atoms with van der Waals surface area (Å²) in [5.74, 6) is -2.84. The minimum absolute atomic E-state index is 0.164. The molecule has 0 saturated carbocycles. The minimum Gasteiger partial charge on any atom is -0.808 e. The number of likely N-dealkylation sites (N-methyl/N-ethyl adjacent to an activating group) is 1. The van der Waals surface area contributed by atoms with E-state index in [-0.39, 0.29) is 29.2 Å². The van der Waals surface area contributed by atoms with Crippen molar-refractivity contribution in [2.45, 2.75) is 0 Å². The van der Waals surface area contributed by atoms with Crippen LogP contribution in [0.5, 0.6) is 11.5 Å². The molecule has 9 nitrogen and oxygen atoms in total. The Morgan fingerprint density at radius 3 is 1.55 bits per heavy atom. The van der Waals surface area contributed by atoms with Gasteiger partial charge in [-0.3, -0.25) is 0 Å². The molecule has 3 N–H and O–H groups in total. The lowest BCUT2D eigenvalue weighted by Gasteiger charge is -2.22. The molecule has 0 aliphatic carbocycles.